The Bertz CT molecular complexity index is 590. The van der Waals surface area contributed by atoms with E-state index in [0.717, 1.165) is 10.9 Å². The van der Waals surface area contributed by atoms with Crippen molar-refractivity contribution < 1.29 is 9.13 Å². The number of nitriles is 1. The molecule has 0 fully saturated rings. The third-order valence-electron chi connectivity index (χ3n) is 2.39. The van der Waals surface area contributed by atoms with Gasteiger partial charge in [0.15, 0.2) is 0 Å². The molecule has 18 heavy (non-hydrogen) atoms. The zero-order chi connectivity index (χ0) is 13.0. The lowest BCUT2D eigenvalue weighted by atomic mass is 10.2. The van der Waals surface area contributed by atoms with Crippen LogP contribution in [0.1, 0.15) is 11.1 Å². The third kappa shape index (κ3) is 2.69. The van der Waals surface area contributed by atoms with Crippen LogP contribution >= 0.6 is 15.9 Å². The van der Waals surface area contributed by atoms with Crippen LogP contribution in [0.2, 0.25) is 0 Å². The van der Waals surface area contributed by atoms with Gasteiger partial charge in [0.25, 0.3) is 0 Å². The maximum Gasteiger partial charge on any atom is 0.148 e. The van der Waals surface area contributed by atoms with Crippen LogP contribution in [0.25, 0.3) is 0 Å². The lowest BCUT2D eigenvalue weighted by Crippen LogP contribution is -1.91. The van der Waals surface area contributed by atoms with Crippen LogP contribution in [-0.4, -0.2) is 0 Å². The maximum absolute atomic E-state index is 13.4. The number of alkyl halides is 1. The number of hydrogen-bond acceptors (Lipinski definition) is 2. The molecule has 0 amide bonds. The summed E-state index contributed by atoms with van der Waals surface area (Å²) in [6, 6.07) is 13.5. The number of benzene rings is 2. The van der Waals surface area contributed by atoms with Crippen LogP contribution < -0.4 is 4.74 Å². The fourth-order valence-corrected chi connectivity index (χ4v) is 1.85. The van der Waals surface area contributed by atoms with Crippen molar-refractivity contribution in [1.29, 1.82) is 5.26 Å². The minimum absolute atomic E-state index is 0.0814. The van der Waals surface area contributed by atoms with E-state index in [0.29, 0.717) is 5.75 Å². The van der Waals surface area contributed by atoms with Crippen molar-refractivity contribution in [3.05, 3.63) is 59.4 Å². The second-order valence-corrected chi connectivity index (χ2v) is 4.17. The Morgan fingerprint density at radius 1 is 1.17 bits per heavy atom. The molecule has 4 heteroatoms. The Kier molecular flexibility index (Phi) is 3.96. The first kappa shape index (κ1) is 12.6. The molecule has 0 aliphatic rings. The highest BCUT2D eigenvalue weighted by Crippen LogP contribution is 2.26. The predicted octanol–water partition coefficient (Wildman–Crippen LogP) is 4.38. The van der Waals surface area contributed by atoms with E-state index < -0.39 is 5.82 Å². The average molecular weight is 306 g/mol. The molecule has 0 saturated carbocycles. The Morgan fingerprint density at radius 3 is 2.50 bits per heavy atom. The molecule has 2 nitrogen and oxygen atoms in total. The molecule has 90 valence electrons. The van der Waals surface area contributed by atoms with Crippen LogP contribution in [0.4, 0.5) is 4.39 Å². The van der Waals surface area contributed by atoms with Crippen molar-refractivity contribution in [2.45, 2.75) is 5.33 Å². The van der Waals surface area contributed by atoms with Gasteiger partial charge in [0.1, 0.15) is 28.9 Å². The van der Waals surface area contributed by atoms with Gasteiger partial charge in [0.05, 0.1) is 0 Å². The zero-order valence-electron chi connectivity index (χ0n) is 9.36. The number of nitrogens with zero attached hydrogens (tertiary/aromatic N) is 1. The average Bonchev–Trinajstić information content (AvgIpc) is 2.40. The standard InChI is InChI=1S/C14H9BrFNO/c15-8-10-4-6-11(7-5-10)18-14-3-1-2-13(16)12(14)9-17/h1-7H,8H2. The van der Waals surface area contributed by atoms with E-state index in [9.17, 15) is 4.39 Å². The lowest BCUT2D eigenvalue weighted by Gasteiger charge is -2.08. The van der Waals surface area contributed by atoms with Crippen LogP contribution in [0.15, 0.2) is 42.5 Å². The van der Waals surface area contributed by atoms with E-state index in [2.05, 4.69) is 15.9 Å². The summed E-state index contributed by atoms with van der Waals surface area (Å²) in [4.78, 5) is 0. The molecule has 0 heterocycles. The Morgan fingerprint density at radius 2 is 1.89 bits per heavy atom. The highest BCUT2D eigenvalue weighted by molar-refractivity contribution is 9.08. The van der Waals surface area contributed by atoms with Gasteiger partial charge in [-0.2, -0.15) is 5.26 Å². The van der Waals surface area contributed by atoms with Gasteiger partial charge in [-0.25, -0.2) is 4.39 Å². The summed E-state index contributed by atoms with van der Waals surface area (Å²) in [5.41, 5.74) is 1.03. The summed E-state index contributed by atoms with van der Waals surface area (Å²) in [5, 5.41) is 9.64. The molecular weight excluding hydrogens is 297 g/mol. The van der Waals surface area contributed by atoms with Crippen molar-refractivity contribution in [3.63, 3.8) is 0 Å². The normalized spacial score (nSPS) is 9.83. The second kappa shape index (κ2) is 5.65. The van der Waals surface area contributed by atoms with Gasteiger partial charge in [-0.1, -0.05) is 34.1 Å². The van der Waals surface area contributed by atoms with Crippen molar-refractivity contribution in [2.24, 2.45) is 0 Å². The number of rotatable bonds is 3. The molecule has 0 unspecified atom stereocenters. The van der Waals surface area contributed by atoms with Crippen LogP contribution in [0.3, 0.4) is 0 Å². The van der Waals surface area contributed by atoms with Crippen molar-refractivity contribution in [1.82, 2.24) is 0 Å². The Labute approximate surface area is 113 Å². The van der Waals surface area contributed by atoms with E-state index in [1.54, 1.807) is 24.3 Å². The molecule has 0 saturated heterocycles. The first-order valence-corrected chi connectivity index (χ1v) is 6.38. The van der Waals surface area contributed by atoms with Gasteiger partial charge in [0.2, 0.25) is 0 Å². The molecule has 2 aromatic rings. The third-order valence-corrected chi connectivity index (χ3v) is 3.04. The molecule has 0 radical (unpaired) electrons. The summed E-state index contributed by atoms with van der Waals surface area (Å²) >= 11 is 3.35. The number of ether oxygens (including phenoxy) is 1. The zero-order valence-corrected chi connectivity index (χ0v) is 10.9. The van der Waals surface area contributed by atoms with E-state index in [1.165, 1.54) is 12.1 Å². The van der Waals surface area contributed by atoms with Crippen molar-refractivity contribution >= 4 is 15.9 Å². The molecule has 2 rings (SSSR count). The lowest BCUT2D eigenvalue weighted by molar-refractivity contribution is 0.474. The quantitative estimate of drug-likeness (QED) is 0.788. The Hall–Kier alpha value is -1.86. The maximum atomic E-state index is 13.4. The number of hydrogen-bond donors (Lipinski definition) is 0. The van der Waals surface area contributed by atoms with E-state index >= 15 is 0 Å². The highest BCUT2D eigenvalue weighted by atomic mass is 79.9. The monoisotopic (exact) mass is 305 g/mol. The molecule has 0 spiro atoms. The molecule has 0 atom stereocenters. The summed E-state index contributed by atoms with van der Waals surface area (Å²) in [6.45, 7) is 0. The van der Waals surface area contributed by atoms with Gasteiger partial charge < -0.3 is 4.74 Å². The smallest absolute Gasteiger partial charge is 0.148 e. The minimum atomic E-state index is -0.577. The second-order valence-electron chi connectivity index (χ2n) is 3.60. The first-order chi connectivity index (χ1) is 8.74. The fraction of sp³-hybridized carbons (Fsp3) is 0.0714. The van der Waals surface area contributed by atoms with Crippen LogP contribution in [-0.2, 0) is 5.33 Å². The predicted molar refractivity (Wildman–Crippen MR) is 70.3 cm³/mol. The molecule has 0 N–H and O–H groups in total. The molecule has 0 aromatic heterocycles. The van der Waals surface area contributed by atoms with E-state index in [-0.39, 0.29) is 11.3 Å². The summed E-state index contributed by atoms with van der Waals surface area (Å²) in [7, 11) is 0. The highest BCUT2D eigenvalue weighted by Gasteiger charge is 2.09. The fourth-order valence-electron chi connectivity index (χ4n) is 1.47. The van der Waals surface area contributed by atoms with Gasteiger partial charge >= 0.3 is 0 Å². The van der Waals surface area contributed by atoms with Gasteiger partial charge in [-0.3, -0.25) is 0 Å². The molecule has 2 aromatic carbocycles. The molecule has 0 aliphatic heterocycles. The Balaban J connectivity index is 2.28. The minimum Gasteiger partial charge on any atom is -0.456 e. The largest absolute Gasteiger partial charge is 0.456 e. The molecule has 0 aliphatic carbocycles. The van der Waals surface area contributed by atoms with E-state index in [4.69, 9.17) is 10.00 Å². The van der Waals surface area contributed by atoms with Crippen LogP contribution in [0, 0.1) is 17.1 Å². The summed E-state index contributed by atoms with van der Waals surface area (Å²) < 4.78 is 18.9. The number of halogens is 2. The summed E-state index contributed by atoms with van der Waals surface area (Å²) in [5.74, 6) is 0.220. The molecule has 0 bridgehead atoms. The van der Waals surface area contributed by atoms with E-state index in [1.807, 2.05) is 12.1 Å². The van der Waals surface area contributed by atoms with Crippen LogP contribution in [0.5, 0.6) is 11.5 Å². The van der Waals surface area contributed by atoms with Crippen molar-refractivity contribution in [2.75, 3.05) is 0 Å². The van der Waals surface area contributed by atoms with Gasteiger partial charge in [-0.15, -0.1) is 0 Å². The summed E-state index contributed by atoms with van der Waals surface area (Å²) in [6.07, 6.45) is 0. The SMILES string of the molecule is N#Cc1c(F)cccc1Oc1ccc(CBr)cc1. The van der Waals surface area contributed by atoms with Gasteiger partial charge in [0, 0.05) is 5.33 Å². The van der Waals surface area contributed by atoms with Crippen molar-refractivity contribution in [3.8, 4) is 17.6 Å². The van der Waals surface area contributed by atoms with Gasteiger partial charge in [-0.05, 0) is 29.8 Å². The first-order valence-electron chi connectivity index (χ1n) is 5.26. The topological polar surface area (TPSA) is 33.0 Å². The molecular formula is C14H9BrFNO.